The Labute approximate surface area is 183 Å². The Morgan fingerprint density at radius 3 is 2.45 bits per heavy atom. The molecule has 0 atom stereocenters. The number of thioether (sulfide) groups is 1. The molecule has 0 fully saturated rings. The smallest absolute Gasteiger partial charge is 0.234 e. The minimum absolute atomic E-state index is 0.0152. The zero-order valence-corrected chi connectivity index (χ0v) is 17.6. The van der Waals surface area contributed by atoms with Crippen molar-refractivity contribution in [1.82, 2.24) is 14.8 Å². The van der Waals surface area contributed by atoms with Crippen molar-refractivity contribution in [2.75, 3.05) is 11.1 Å². The van der Waals surface area contributed by atoms with Crippen molar-refractivity contribution >= 4 is 29.1 Å². The molecule has 0 saturated carbocycles. The molecule has 2 aromatic carbocycles. The monoisotopic (exact) mass is 432 g/mol. The topological polar surface area (TPSA) is 90.0 Å². The van der Waals surface area contributed by atoms with E-state index in [9.17, 15) is 9.59 Å². The first-order valence-corrected chi connectivity index (χ1v) is 10.6. The second-order valence-electron chi connectivity index (χ2n) is 6.83. The first-order chi connectivity index (χ1) is 15.1. The van der Waals surface area contributed by atoms with Gasteiger partial charge in [-0.1, -0.05) is 42.1 Å². The van der Waals surface area contributed by atoms with Crippen LogP contribution in [0.3, 0.4) is 0 Å². The summed E-state index contributed by atoms with van der Waals surface area (Å²) in [4.78, 5) is 23.8. The van der Waals surface area contributed by atoms with E-state index < -0.39 is 0 Å². The van der Waals surface area contributed by atoms with Crippen molar-refractivity contribution in [3.05, 3.63) is 84.1 Å². The molecule has 0 bridgehead atoms. The van der Waals surface area contributed by atoms with Crippen LogP contribution in [0.5, 0.6) is 0 Å². The van der Waals surface area contributed by atoms with Crippen LogP contribution < -0.4 is 5.32 Å². The van der Waals surface area contributed by atoms with Crippen molar-refractivity contribution in [2.45, 2.75) is 18.6 Å². The molecule has 2 aromatic heterocycles. The standard InChI is InChI=1S/C23H20N4O3S/c1-16(28)18-9-11-19(12-10-18)24-21(29)15-31-23-26-25-22(20-8-5-13-30-20)27(23)14-17-6-3-2-4-7-17/h2-13H,14-15H2,1H3,(H,24,29). The van der Waals surface area contributed by atoms with E-state index in [0.29, 0.717) is 34.5 Å². The lowest BCUT2D eigenvalue weighted by Crippen LogP contribution is -2.15. The molecule has 156 valence electrons. The molecule has 0 aliphatic rings. The lowest BCUT2D eigenvalue weighted by molar-refractivity contribution is -0.113. The van der Waals surface area contributed by atoms with Crippen LogP contribution in [0.15, 0.2) is 82.6 Å². The van der Waals surface area contributed by atoms with Gasteiger partial charge in [0, 0.05) is 11.3 Å². The van der Waals surface area contributed by atoms with Gasteiger partial charge in [-0.3, -0.25) is 14.2 Å². The molecule has 0 unspecified atom stereocenters. The van der Waals surface area contributed by atoms with Crippen LogP contribution in [0.2, 0.25) is 0 Å². The number of carbonyl (C=O) groups is 2. The van der Waals surface area contributed by atoms with Gasteiger partial charge in [-0.2, -0.15) is 0 Å². The van der Waals surface area contributed by atoms with Gasteiger partial charge in [-0.05, 0) is 48.9 Å². The Balaban J connectivity index is 1.47. The average Bonchev–Trinajstić information content (AvgIpc) is 3.43. The molecule has 0 saturated heterocycles. The largest absolute Gasteiger partial charge is 0.461 e. The van der Waals surface area contributed by atoms with E-state index in [0.717, 1.165) is 5.56 Å². The first kappa shape index (κ1) is 20.6. The van der Waals surface area contributed by atoms with Crippen LogP contribution in [0.4, 0.5) is 5.69 Å². The molecule has 0 aliphatic carbocycles. The minimum Gasteiger partial charge on any atom is -0.461 e. The fourth-order valence-electron chi connectivity index (χ4n) is 3.01. The third-order valence-corrected chi connectivity index (χ3v) is 5.52. The van der Waals surface area contributed by atoms with Crippen LogP contribution in [-0.2, 0) is 11.3 Å². The van der Waals surface area contributed by atoms with Gasteiger partial charge >= 0.3 is 0 Å². The van der Waals surface area contributed by atoms with Crippen LogP contribution in [0.25, 0.3) is 11.6 Å². The molecule has 7 nitrogen and oxygen atoms in total. The Kier molecular flexibility index (Phi) is 6.28. The highest BCUT2D eigenvalue weighted by molar-refractivity contribution is 7.99. The van der Waals surface area contributed by atoms with Crippen molar-refractivity contribution in [1.29, 1.82) is 0 Å². The summed E-state index contributed by atoms with van der Waals surface area (Å²) in [5, 5.41) is 12.0. The molecule has 0 radical (unpaired) electrons. The maximum atomic E-state index is 12.4. The van der Waals surface area contributed by atoms with E-state index in [1.807, 2.05) is 41.0 Å². The number of carbonyl (C=O) groups excluding carboxylic acids is 2. The Hall–Kier alpha value is -3.65. The highest BCUT2D eigenvalue weighted by Gasteiger charge is 2.18. The number of hydrogen-bond donors (Lipinski definition) is 1. The van der Waals surface area contributed by atoms with Gasteiger partial charge in [0.1, 0.15) is 0 Å². The second kappa shape index (κ2) is 9.44. The number of anilines is 1. The fraction of sp³-hybridized carbons (Fsp3) is 0.130. The summed E-state index contributed by atoms with van der Waals surface area (Å²) < 4.78 is 7.44. The zero-order chi connectivity index (χ0) is 21.6. The van der Waals surface area contributed by atoms with Crippen LogP contribution in [-0.4, -0.2) is 32.2 Å². The number of aromatic nitrogens is 3. The van der Waals surface area contributed by atoms with Gasteiger partial charge in [0.2, 0.25) is 11.7 Å². The van der Waals surface area contributed by atoms with Crippen molar-refractivity contribution in [2.24, 2.45) is 0 Å². The quantitative estimate of drug-likeness (QED) is 0.325. The third-order valence-electron chi connectivity index (χ3n) is 4.55. The van der Waals surface area contributed by atoms with E-state index in [1.54, 1.807) is 36.6 Å². The van der Waals surface area contributed by atoms with Gasteiger partial charge < -0.3 is 9.73 Å². The Bertz CT molecular complexity index is 1170. The number of hydrogen-bond acceptors (Lipinski definition) is 6. The average molecular weight is 433 g/mol. The van der Waals surface area contributed by atoms with Gasteiger partial charge in [0.05, 0.1) is 18.6 Å². The normalized spacial score (nSPS) is 10.7. The molecule has 8 heteroatoms. The molecule has 31 heavy (non-hydrogen) atoms. The lowest BCUT2D eigenvalue weighted by atomic mass is 10.1. The molecular weight excluding hydrogens is 412 g/mol. The van der Waals surface area contributed by atoms with Crippen molar-refractivity contribution < 1.29 is 14.0 Å². The summed E-state index contributed by atoms with van der Waals surface area (Å²) in [6, 6.07) is 20.4. The first-order valence-electron chi connectivity index (χ1n) is 9.65. The summed E-state index contributed by atoms with van der Waals surface area (Å²) in [5.41, 5.74) is 2.33. The van der Waals surface area contributed by atoms with Crippen LogP contribution in [0, 0.1) is 0 Å². The molecule has 2 heterocycles. The van der Waals surface area contributed by atoms with E-state index in [-0.39, 0.29) is 17.4 Å². The summed E-state index contributed by atoms with van der Waals surface area (Å²) >= 11 is 1.30. The zero-order valence-electron chi connectivity index (χ0n) is 16.8. The number of furan rings is 1. The molecular formula is C23H20N4O3S. The maximum absolute atomic E-state index is 12.4. The number of amides is 1. The van der Waals surface area contributed by atoms with E-state index in [4.69, 9.17) is 4.42 Å². The Morgan fingerprint density at radius 2 is 1.77 bits per heavy atom. The summed E-state index contributed by atoms with van der Waals surface area (Å²) in [5.74, 6) is 1.20. The van der Waals surface area contributed by atoms with Crippen LogP contribution in [0.1, 0.15) is 22.8 Å². The fourth-order valence-corrected chi connectivity index (χ4v) is 3.75. The minimum atomic E-state index is -0.172. The summed E-state index contributed by atoms with van der Waals surface area (Å²) in [7, 11) is 0. The lowest BCUT2D eigenvalue weighted by Gasteiger charge is -2.10. The second-order valence-corrected chi connectivity index (χ2v) is 7.77. The number of nitrogens with one attached hydrogen (secondary N) is 1. The molecule has 4 rings (SSSR count). The predicted molar refractivity (Wildman–Crippen MR) is 119 cm³/mol. The van der Waals surface area contributed by atoms with Crippen LogP contribution >= 0.6 is 11.8 Å². The number of nitrogens with zero attached hydrogens (tertiary/aromatic N) is 3. The highest BCUT2D eigenvalue weighted by Crippen LogP contribution is 2.25. The van der Waals surface area contributed by atoms with Gasteiger partial charge in [0.15, 0.2) is 16.7 Å². The summed E-state index contributed by atoms with van der Waals surface area (Å²) in [6.45, 7) is 2.06. The molecule has 1 amide bonds. The van der Waals surface area contributed by atoms with Crippen molar-refractivity contribution in [3.8, 4) is 11.6 Å². The van der Waals surface area contributed by atoms with Gasteiger partial charge in [-0.25, -0.2) is 0 Å². The number of ketones is 1. The molecule has 0 spiro atoms. The number of Topliss-reactive ketones (excluding diaryl/α,β-unsaturated/α-hetero) is 1. The van der Waals surface area contributed by atoms with Gasteiger partial charge in [0.25, 0.3) is 0 Å². The predicted octanol–water partition coefficient (Wildman–Crippen LogP) is 4.52. The number of benzene rings is 2. The molecule has 1 N–H and O–H groups in total. The SMILES string of the molecule is CC(=O)c1ccc(NC(=O)CSc2nnc(-c3ccco3)n2Cc2ccccc2)cc1. The maximum Gasteiger partial charge on any atom is 0.234 e. The molecule has 4 aromatic rings. The van der Waals surface area contributed by atoms with E-state index >= 15 is 0 Å². The summed E-state index contributed by atoms with van der Waals surface area (Å²) in [6.07, 6.45) is 1.59. The highest BCUT2D eigenvalue weighted by atomic mass is 32.2. The third kappa shape index (κ3) is 5.10. The van der Waals surface area contributed by atoms with Crippen molar-refractivity contribution in [3.63, 3.8) is 0 Å². The van der Waals surface area contributed by atoms with E-state index in [2.05, 4.69) is 15.5 Å². The van der Waals surface area contributed by atoms with E-state index in [1.165, 1.54) is 18.7 Å². The van der Waals surface area contributed by atoms with Gasteiger partial charge in [-0.15, -0.1) is 10.2 Å². The number of rotatable bonds is 8. The molecule has 0 aliphatic heterocycles. The Morgan fingerprint density at radius 1 is 1.00 bits per heavy atom.